The van der Waals surface area contributed by atoms with Gasteiger partial charge < -0.3 is 11.1 Å². The van der Waals surface area contributed by atoms with Crippen LogP contribution < -0.4 is 21.6 Å². The Morgan fingerprint density at radius 2 is 2.22 bits per heavy atom. The summed E-state index contributed by atoms with van der Waals surface area (Å²) in [5.74, 6) is 0.403. The van der Waals surface area contributed by atoms with Crippen LogP contribution in [0.4, 0.5) is 5.00 Å². The van der Waals surface area contributed by atoms with Gasteiger partial charge in [0.1, 0.15) is 10.7 Å². The third-order valence-electron chi connectivity index (χ3n) is 2.85. The van der Waals surface area contributed by atoms with Crippen LogP contribution in [-0.4, -0.2) is 9.97 Å². The van der Waals surface area contributed by atoms with Crippen LogP contribution in [0.25, 0.3) is 11.9 Å². The van der Waals surface area contributed by atoms with Crippen LogP contribution in [0, 0.1) is 0 Å². The zero-order chi connectivity index (χ0) is 12.7. The van der Waals surface area contributed by atoms with E-state index in [9.17, 15) is 0 Å². The quantitative estimate of drug-likeness (QED) is 0.799. The minimum atomic E-state index is 0.403. The standard InChI is InChI=1S/C13H14N4S/c1-7(2)12-17-11-9(14)10-8(4-3-5-15-10)6-16-13(11)18-12/h3-7,16H,14H2,1-2H3. The van der Waals surface area contributed by atoms with Gasteiger partial charge in [-0.25, -0.2) is 4.98 Å². The predicted octanol–water partition coefficient (Wildman–Crippen LogP) is 0.940. The summed E-state index contributed by atoms with van der Waals surface area (Å²) in [6, 6.07) is 3.89. The highest BCUT2D eigenvalue weighted by Crippen LogP contribution is 2.31. The molecule has 0 amide bonds. The summed E-state index contributed by atoms with van der Waals surface area (Å²) < 4.78 is 0. The molecule has 2 aromatic rings. The van der Waals surface area contributed by atoms with Crippen molar-refractivity contribution in [3.05, 3.63) is 39.6 Å². The molecule has 18 heavy (non-hydrogen) atoms. The molecular formula is C13H14N4S. The number of nitrogens with zero attached hydrogens (tertiary/aromatic N) is 2. The van der Waals surface area contributed by atoms with E-state index < -0.39 is 0 Å². The molecule has 0 saturated carbocycles. The molecule has 2 aromatic heterocycles. The number of thiazole rings is 1. The van der Waals surface area contributed by atoms with E-state index in [1.54, 1.807) is 17.5 Å². The zero-order valence-electron chi connectivity index (χ0n) is 10.3. The highest BCUT2D eigenvalue weighted by Gasteiger charge is 2.17. The van der Waals surface area contributed by atoms with Crippen LogP contribution in [0.2, 0.25) is 0 Å². The maximum Gasteiger partial charge on any atom is 0.123 e. The van der Waals surface area contributed by atoms with E-state index in [1.165, 1.54) is 0 Å². The minimum Gasteiger partial charge on any atom is -0.395 e. The first-order valence-corrected chi connectivity index (χ1v) is 6.67. The second-order valence-electron chi connectivity index (χ2n) is 4.53. The van der Waals surface area contributed by atoms with E-state index in [0.717, 1.165) is 26.3 Å². The predicted molar refractivity (Wildman–Crippen MR) is 74.5 cm³/mol. The fourth-order valence-corrected chi connectivity index (χ4v) is 2.83. The SMILES string of the molecule is CC(C)c1nc2c(s1)NC=c1cccnc1=C2N. The molecule has 0 saturated heterocycles. The van der Waals surface area contributed by atoms with E-state index in [-0.39, 0.29) is 0 Å². The van der Waals surface area contributed by atoms with E-state index in [0.29, 0.717) is 11.6 Å². The van der Waals surface area contributed by atoms with Crippen molar-refractivity contribution in [2.75, 3.05) is 5.32 Å². The summed E-state index contributed by atoms with van der Waals surface area (Å²) in [6.45, 7) is 4.26. The van der Waals surface area contributed by atoms with Gasteiger partial charge in [0.15, 0.2) is 0 Å². The number of aromatic nitrogens is 2. The first kappa shape index (κ1) is 11.2. The lowest BCUT2D eigenvalue weighted by Crippen LogP contribution is -2.32. The van der Waals surface area contributed by atoms with Gasteiger partial charge in [-0.1, -0.05) is 13.8 Å². The Kier molecular flexibility index (Phi) is 2.56. The molecule has 4 nitrogen and oxygen atoms in total. The summed E-state index contributed by atoms with van der Waals surface area (Å²) in [5.41, 5.74) is 7.67. The molecule has 0 fully saturated rings. The number of fused-ring (bicyclic) bond motifs is 2. The van der Waals surface area contributed by atoms with Gasteiger partial charge in [-0.2, -0.15) is 0 Å². The summed E-state index contributed by atoms with van der Waals surface area (Å²) in [4.78, 5) is 8.97. The molecule has 0 aliphatic carbocycles. The summed E-state index contributed by atoms with van der Waals surface area (Å²) in [7, 11) is 0. The molecule has 92 valence electrons. The Bertz CT molecular complexity index is 715. The smallest absolute Gasteiger partial charge is 0.123 e. The number of hydrogen-bond acceptors (Lipinski definition) is 5. The molecule has 5 heteroatoms. The summed E-state index contributed by atoms with van der Waals surface area (Å²) in [6.07, 6.45) is 3.68. The van der Waals surface area contributed by atoms with Crippen molar-refractivity contribution in [2.24, 2.45) is 5.73 Å². The molecule has 3 N–H and O–H groups in total. The van der Waals surface area contributed by atoms with E-state index in [1.807, 2.05) is 18.3 Å². The van der Waals surface area contributed by atoms with Crippen LogP contribution in [0.5, 0.6) is 0 Å². The van der Waals surface area contributed by atoms with Crippen LogP contribution in [0.15, 0.2) is 18.3 Å². The van der Waals surface area contributed by atoms with Crippen molar-refractivity contribution < 1.29 is 0 Å². The highest BCUT2D eigenvalue weighted by molar-refractivity contribution is 7.16. The molecular weight excluding hydrogens is 244 g/mol. The average molecular weight is 258 g/mol. The topological polar surface area (TPSA) is 63.8 Å². The molecule has 0 aromatic carbocycles. The van der Waals surface area contributed by atoms with Crippen LogP contribution in [0.1, 0.15) is 30.5 Å². The first-order chi connectivity index (χ1) is 8.66. The highest BCUT2D eigenvalue weighted by atomic mass is 32.1. The van der Waals surface area contributed by atoms with Gasteiger partial charge in [0.05, 0.1) is 16.1 Å². The van der Waals surface area contributed by atoms with Crippen LogP contribution >= 0.6 is 11.3 Å². The number of nitrogens with two attached hydrogens (primary N) is 1. The van der Waals surface area contributed by atoms with Crippen molar-refractivity contribution in [1.29, 1.82) is 0 Å². The monoisotopic (exact) mass is 258 g/mol. The Morgan fingerprint density at radius 3 is 3.00 bits per heavy atom. The molecule has 3 rings (SSSR count). The molecule has 3 heterocycles. The third kappa shape index (κ3) is 1.67. The van der Waals surface area contributed by atoms with Crippen molar-refractivity contribution in [1.82, 2.24) is 9.97 Å². The number of nitrogens with one attached hydrogen (secondary N) is 1. The molecule has 0 radical (unpaired) electrons. The van der Waals surface area contributed by atoms with Gasteiger partial charge in [0, 0.05) is 23.5 Å². The molecule has 0 atom stereocenters. The normalized spacial score (nSPS) is 13.4. The maximum absolute atomic E-state index is 6.21. The molecule has 0 spiro atoms. The number of anilines is 1. The van der Waals surface area contributed by atoms with Crippen molar-refractivity contribution >= 4 is 28.2 Å². The maximum atomic E-state index is 6.21. The number of hydrogen-bond donors (Lipinski definition) is 2. The second kappa shape index (κ2) is 4.10. The van der Waals surface area contributed by atoms with Gasteiger partial charge in [-0.3, -0.25) is 4.98 Å². The van der Waals surface area contributed by atoms with Crippen molar-refractivity contribution in [3.63, 3.8) is 0 Å². The Hall–Kier alpha value is -1.88. The number of pyridine rings is 1. The minimum absolute atomic E-state index is 0.403. The van der Waals surface area contributed by atoms with Gasteiger partial charge in [-0.05, 0) is 12.1 Å². The fourth-order valence-electron chi connectivity index (χ4n) is 1.88. The van der Waals surface area contributed by atoms with Crippen LogP contribution in [0.3, 0.4) is 0 Å². The Labute approximate surface area is 109 Å². The number of rotatable bonds is 1. The Balaban J connectivity index is 2.30. The van der Waals surface area contributed by atoms with Gasteiger partial charge in [-0.15, -0.1) is 11.3 Å². The van der Waals surface area contributed by atoms with Gasteiger partial charge >= 0.3 is 0 Å². The third-order valence-corrected chi connectivity index (χ3v) is 4.13. The van der Waals surface area contributed by atoms with Gasteiger partial charge in [0.25, 0.3) is 0 Å². The Morgan fingerprint density at radius 1 is 1.39 bits per heavy atom. The second-order valence-corrected chi connectivity index (χ2v) is 5.56. The summed E-state index contributed by atoms with van der Waals surface area (Å²) >= 11 is 1.65. The van der Waals surface area contributed by atoms with Crippen molar-refractivity contribution in [2.45, 2.75) is 19.8 Å². The summed E-state index contributed by atoms with van der Waals surface area (Å²) in [5, 5.41) is 7.15. The van der Waals surface area contributed by atoms with Crippen LogP contribution in [-0.2, 0) is 0 Å². The van der Waals surface area contributed by atoms with E-state index >= 15 is 0 Å². The molecule has 0 unspecified atom stereocenters. The zero-order valence-corrected chi connectivity index (χ0v) is 11.1. The van der Waals surface area contributed by atoms with Gasteiger partial charge in [0.2, 0.25) is 0 Å². The lowest BCUT2D eigenvalue weighted by Gasteiger charge is -1.98. The average Bonchev–Trinajstić information content (AvgIpc) is 2.75. The largest absolute Gasteiger partial charge is 0.395 e. The van der Waals surface area contributed by atoms with Crippen molar-refractivity contribution in [3.8, 4) is 0 Å². The lowest BCUT2D eigenvalue weighted by atomic mass is 10.2. The van der Waals surface area contributed by atoms with E-state index in [2.05, 4.69) is 29.1 Å². The molecule has 1 aliphatic heterocycles. The lowest BCUT2D eigenvalue weighted by molar-refractivity contribution is 0.850. The first-order valence-electron chi connectivity index (χ1n) is 5.85. The van der Waals surface area contributed by atoms with E-state index in [4.69, 9.17) is 5.73 Å². The fraction of sp³-hybridized carbons (Fsp3) is 0.231. The molecule has 0 bridgehead atoms. The molecule has 1 aliphatic rings.